The summed E-state index contributed by atoms with van der Waals surface area (Å²) in [5.41, 5.74) is 2.48. The minimum absolute atomic E-state index is 0.0115. The molecule has 0 aliphatic rings. The van der Waals surface area contributed by atoms with E-state index >= 15 is 0 Å². The minimum Gasteiger partial charge on any atom is -0.457 e. The van der Waals surface area contributed by atoms with Crippen LogP contribution >= 0.6 is 15.9 Å². The first kappa shape index (κ1) is 15.5. The summed E-state index contributed by atoms with van der Waals surface area (Å²) < 4.78 is 5.73. The van der Waals surface area contributed by atoms with Crippen molar-refractivity contribution < 1.29 is 9.53 Å². The number of hydrogen-bond donors (Lipinski definition) is 0. The SMILES string of the molecule is O=C(c1ccc(CBr)cc1)c1ccc(Oc2ccccc2)cc1. The van der Waals surface area contributed by atoms with Crippen molar-refractivity contribution >= 4 is 21.7 Å². The first-order chi connectivity index (χ1) is 11.3. The Morgan fingerprint density at radius 3 is 1.83 bits per heavy atom. The molecule has 2 nitrogen and oxygen atoms in total. The van der Waals surface area contributed by atoms with E-state index in [-0.39, 0.29) is 5.78 Å². The number of carbonyl (C=O) groups is 1. The standard InChI is InChI=1S/C20H15BrO2/c21-14-15-6-8-16(9-7-15)20(22)17-10-12-19(13-11-17)23-18-4-2-1-3-5-18/h1-13H,14H2. The van der Waals surface area contributed by atoms with Gasteiger partial charge in [0, 0.05) is 16.5 Å². The highest BCUT2D eigenvalue weighted by Crippen LogP contribution is 2.22. The molecule has 3 heteroatoms. The molecule has 3 aromatic carbocycles. The normalized spacial score (nSPS) is 10.3. The highest BCUT2D eigenvalue weighted by atomic mass is 79.9. The first-order valence-electron chi connectivity index (χ1n) is 7.29. The lowest BCUT2D eigenvalue weighted by atomic mass is 10.0. The molecule has 0 aliphatic heterocycles. The predicted molar refractivity (Wildman–Crippen MR) is 95.5 cm³/mol. The van der Waals surface area contributed by atoms with Crippen LogP contribution in [-0.2, 0) is 5.33 Å². The van der Waals surface area contributed by atoms with Crippen LogP contribution in [0.3, 0.4) is 0 Å². The summed E-state index contributed by atoms with van der Waals surface area (Å²) in [6.07, 6.45) is 0. The maximum Gasteiger partial charge on any atom is 0.193 e. The van der Waals surface area contributed by atoms with E-state index in [1.807, 2.05) is 66.7 Å². The third-order valence-corrected chi connectivity index (χ3v) is 4.11. The number of hydrogen-bond acceptors (Lipinski definition) is 2. The van der Waals surface area contributed by atoms with Gasteiger partial charge in [-0.25, -0.2) is 0 Å². The van der Waals surface area contributed by atoms with Crippen LogP contribution in [0, 0.1) is 0 Å². The summed E-state index contributed by atoms with van der Waals surface area (Å²) in [6, 6.07) is 24.4. The van der Waals surface area contributed by atoms with Crippen LogP contribution in [0.2, 0.25) is 0 Å². The van der Waals surface area contributed by atoms with Crippen molar-refractivity contribution in [2.75, 3.05) is 0 Å². The summed E-state index contributed by atoms with van der Waals surface area (Å²) in [7, 11) is 0. The topological polar surface area (TPSA) is 26.3 Å². The number of rotatable bonds is 5. The van der Waals surface area contributed by atoms with Crippen LogP contribution < -0.4 is 4.74 Å². The third kappa shape index (κ3) is 3.88. The van der Waals surface area contributed by atoms with Crippen molar-refractivity contribution in [1.29, 1.82) is 0 Å². The molecule has 0 unspecified atom stereocenters. The quantitative estimate of drug-likeness (QED) is 0.433. The van der Waals surface area contributed by atoms with E-state index < -0.39 is 0 Å². The van der Waals surface area contributed by atoms with Crippen molar-refractivity contribution in [2.45, 2.75) is 5.33 Å². The fourth-order valence-electron chi connectivity index (χ4n) is 2.21. The predicted octanol–water partition coefficient (Wildman–Crippen LogP) is 5.60. The lowest BCUT2D eigenvalue weighted by Crippen LogP contribution is -2.01. The van der Waals surface area contributed by atoms with E-state index in [1.54, 1.807) is 12.1 Å². The molecule has 0 saturated heterocycles. The van der Waals surface area contributed by atoms with Crippen molar-refractivity contribution in [3.8, 4) is 11.5 Å². The van der Waals surface area contributed by atoms with Gasteiger partial charge in [0.1, 0.15) is 11.5 Å². The molecule has 0 saturated carbocycles. The maximum atomic E-state index is 12.5. The van der Waals surface area contributed by atoms with Crippen LogP contribution in [0.15, 0.2) is 78.9 Å². The number of halogens is 1. The van der Waals surface area contributed by atoms with E-state index in [9.17, 15) is 4.79 Å². The molecule has 0 heterocycles. The Morgan fingerprint density at radius 2 is 1.26 bits per heavy atom. The van der Waals surface area contributed by atoms with Gasteiger partial charge in [0.2, 0.25) is 0 Å². The fourth-order valence-corrected chi connectivity index (χ4v) is 2.58. The van der Waals surface area contributed by atoms with Crippen LogP contribution in [0.4, 0.5) is 0 Å². The molecule has 0 radical (unpaired) electrons. The van der Waals surface area contributed by atoms with Gasteiger partial charge in [-0.15, -0.1) is 0 Å². The monoisotopic (exact) mass is 366 g/mol. The summed E-state index contributed by atoms with van der Waals surface area (Å²) in [5.74, 6) is 1.50. The molecule has 0 aromatic heterocycles. The average Bonchev–Trinajstić information content (AvgIpc) is 2.63. The molecule has 23 heavy (non-hydrogen) atoms. The highest BCUT2D eigenvalue weighted by Gasteiger charge is 2.09. The summed E-state index contributed by atoms with van der Waals surface area (Å²) in [5, 5.41) is 0.785. The Bertz CT molecular complexity index is 778. The largest absolute Gasteiger partial charge is 0.457 e. The van der Waals surface area contributed by atoms with Gasteiger partial charge in [-0.05, 0) is 42.0 Å². The molecule has 0 spiro atoms. The molecule has 3 aromatic rings. The second-order valence-electron chi connectivity index (χ2n) is 5.10. The molecule has 0 amide bonds. The molecular formula is C20H15BrO2. The van der Waals surface area contributed by atoms with Gasteiger partial charge >= 0.3 is 0 Å². The second-order valence-corrected chi connectivity index (χ2v) is 5.66. The molecular weight excluding hydrogens is 352 g/mol. The summed E-state index contributed by atoms with van der Waals surface area (Å²) in [4.78, 5) is 12.5. The second kappa shape index (κ2) is 7.25. The van der Waals surface area contributed by atoms with E-state index in [0.29, 0.717) is 16.9 Å². The first-order valence-corrected chi connectivity index (χ1v) is 8.41. The Balaban J connectivity index is 1.74. The zero-order chi connectivity index (χ0) is 16.1. The van der Waals surface area contributed by atoms with E-state index in [2.05, 4.69) is 15.9 Å². The average molecular weight is 367 g/mol. The van der Waals surface area contributed by atoms with E-state index in [4.69, 9.17) is 4.74 Å². The van der Waals surface area contributed by atoms with Crippen molar-refractivity contribution in [1.82, 2.24) is 0 Å². The Hall–Kier alpha value is -2.39. The van der Waals surface area contributed by atoms with Gasteiger partial charge in [0.25, 0.3) is 0 Å². The Kier molecular flexibility index (Phi) is 4.89. The van der Waals surface area contributed by atoms with E-state index in [1.165, 1.54) is 0 Å². The van der Waals surface area contributed by atoms with Crippen LogP contribution in [0.1, 0.15) is 21.5 Å². The molecule has 0 aliphatic carbocycles. The van der Waals surface area contributed by atoms with E-state index in [0.717, 1.165) is 16.6 Å². The fraction of sp³-hybridized carbons (Fsp3) is 0.0500. The minimum atomic E-state index is 0.0115. The molecule has 0 bridgehead atoms. The molecule has 3 rings (SSSR count). The zero-order valence-corrected chi connectivity index (χ0v) is 14.0. The molecule has 0 N–H and O–H groups in total. The Morgan fingerprint density at radius 1 is 0.739 bits per heavy atom. The number of para-hydroxylation sites is 1. The number of carbonyl (C=O) groups excluding carboxylic acids is 1. The zero-order valence-electron chi connectivity index (χ0n) is 12.4. The molecule has 0 atom stereocenters. The van der Waals surface area contributed by atoms with Crippen LogP contribution in [0.25, 0.3) is 0 Å². The number of ether oxygens (including phenoxy) is 1. The van der Waals surface area contributed by atoms with Crippen LogP contribution in [0.5, 0.6) is 11.5 Å². The van der Waals surface area contributed by atoms with Gasteiger partial charge in [-0.2, -0.15) is 0 Å². The Labute approximate surface area is 143 Å². The molecule has 114 valence electrons. The lowest BCUT2D eigenvalue weighted by molar-refractivity contribution is 0.103. The van der Waals surface area contributed by atoms with Gasteiger partial charge in [0.05, 0.1) is 0 Å². The van der Waals surface area contributed by atoms with Crippen molar-refractivity contribution in [2.24, 2.45) is 0 Å². The number of benzene rings is 3. The van der Waals surface area contributed by atoms with Gasteiger partial charge < -0.3 is 4.74 Å². The summed E-state index contributed by atoms with van der Waals surface area (Å²) in [6.45, 7) is 0. The number of ketones is 1. The van der Waals surface area contributed by atoms with Crippen LogP contribution in [-0.4, -0.2) is 5.78 Å². The lowest BCUT2D eigenvalue weighted by Gasteiger charge is -2.07. The highest BCUT2D eigenvalue weighted by molar-refractivity contribution is 9.08. The maximum absolute atomic E-state index is 12.5. The van der Waals surface area contributed by atoms with Gasteiger partial charge in [0.15, 0.2) is 5.78 Å². The van der Waals surface area contributed by atoms with Crippen molar-refractivity contribution in [3.63, 3.8) is 0 Å². The van der Waals surface area contributed by atoms with Gasteiger partial charge in [-0.3, -0.25) is 4.79 Å². The third-order valence-electron chi connectivity index (χ3n) is 3.47. The number of alkyl halides is 1. The summed E-state index contributed by atoms with van der Waals surface area (Å²) >= 11 is 3.40. The smallest absolute Gasteiger partial charge is 0.193 e. The van der Waals surface area contributed by atoms with Gasteiger partial charge in [-0.1, -0.05) is 58.4 Å². The van der Waals surface area contributed by atoms with Crippen molar-refractivity contribution in [3.05, 3.63) is 95.6 Å². The molecule has 0 fully saturated rings.